The van der Waals surface area contributed by atoms with Crippen LogP contribution in [0.1, 0.15) is 30.0 Å². The van der Waals surface area contributed by atoms with E-state index >= 15 is 0 Å². The molecule has 0 fully saturated rings. The lowest BCUT2D eigenvalue weighted by Gasteiger charge is -2.05. The van der Waals surface area contributed by atoms with Gasteiger partial charge in [0, 0.05) is 6.26 Å². The van der Waals surface area contributed by atoms with Crippen LogP contribution in [0, 0.1) is 5.82 Å². The van der Waals surface area contributed by atoms with Crippen LogP contribution in [0.4, 0.5) is 4.39 Å². The Bertz CT molecular complexity index is 1060. The molecule has 6 heteroatoms. The molecule has 0 radical (unpaired) electrons. The number of primary amides is 1. The maximum absolute atomic E-state index is 13.7. The van der Waals surface area contributed by atoms with Crippen LogP contribution in [-0.2, 0) is 14.6 Å². The number of halogens is 1. The van der Waals surface area contributed by atoms with Crippen molar-refractivity contribution < 1.29 is 17.6 Å². The second-order valence-electron chi connectivity index (χ2n) is 6.34. The first-order valence-electron chi connectivity index (χ1n) is 7.97. The van der Waals surface area contributed by atoms with Gasteiger partial charge in [-0.3, -0.25) is 4.79 Å². The van der Waals surface area contributed by atoms with Crippen molar-refractivity contribution in [3.8, 4) is 0 Å². The summed E-state index contributed by atoms with van der Waals surface area (Å²) < 4.78 is 36.9. The summed E-state index contributed by atoms with van der Waals surface area (Å²) in [5.41, 5.74) is 10.1. The maximum atomic E-state index is 13.7. The molecule has 1 aliphatic rings. The number of nitrogens with two attached hydrogens (primary N) is 1. The number of sulfone groups is 1. The lowest BCUT2D eigenvalue weighted by molar-refractivity contribution is -0.117. The zero-order valence-electron chi connectivity index (χ0n) is 14.4. The van der Waals surface area contributed by atoms with E-state index in [1.165, 1.54) is 12.1 Å². The Morgan fingerprint density at radius 3 is 2.35 bits per heavy atom. The van der Waals surface area contributed by atoms with Crippen molar-refractivity contribution in [2.45, 2.75) is 18.2 Å². The molecule has 4 nitrogen and oxygen atoms in total. The summed E-state index contributed by atoms with van der Waals surface area (Å²) in [6, 6.07) is 11.0. The molecule has 2 N–H and O–H groups in total. The van der Waals surface area contributed by atoms with E-state index in [0.29, 0.717) is 11.1 Å². The number of carbonyl (C=O) groups is 1. The predicted octanol–water partition coefficient (Wildman–Crippen LogP) is 3.43. The quantitative estimate of drug-likeness (QED) is 0.894. The monoisotopic (exact) mass is 371 g/mol. The van der Waals surface area contributed by atoms with E-state index in [9.17, 15) is 17.6 Å². The van der Waals surface area contributed by atoms with Gasteiger partial charge in [-0.25, -0.2) is 12.8 Å². The van der Waals surface area contributed by atoms with Gasteiger partial charge in [-0.15, -0.1) is 0 Å². The molecular weight excluding hydrogens is 353 g/mol. The highest BCUT2D eigenvalue weighted by Gasteiger charge is 2.25. The summed E-state index contributed by atoms with van der Waals surface area (Å²) in [6.45, 7) is 1.87. The average Bonchev–Trinajstić information content (AvgIpc) is 2.79. The zero-order chi connectivity index (χ0) is 19.1. The molecule has 2 aromatic rings. The first-order valence-corrected chi connectivity index (χ1v) is 9.86. The summed E-state index contributed by atoms with van der Waals surface area (Å²) in [7, 11) is -3.26. The number of amides is 1. The molecule has 3 rings (SSSR count). The van der Waals surface area contributed by atoms with E-state index in [2.05, 4.69) is 0 Å². The molecule has 0 bridgehead atoms. The van der Waals surface area contributed by atoms with Gasteiger partial charge in [-0.1, -0.05) is 18.2 Å². The lowest BCUT2D eigenvalue weighted by atomic mass is 10.0. The summed E-state index contributed by atoms with van der Waals surface area (Å²) in [5, 5.41) is 0. The molecule has 0 saturated heterocycles. The Kier molecular flexibility index (Phi) is 4.54. The maximum Gasteiger partial charge on any atom is 0.221 e. The first-order chi connectivity index (χ1) is 12.2. The fraction of sp³-hybridized carbons (Fsp3) is 0.150. The molecule has 26 heavy (non-hydrogen) atoms. The third-order valence-electron chi connectivity index (χ3n) is 4.42. The summed E-state index contributed by atoms with van der Waals surface area (Å²) in [4.78, 5) is 11.7. The normalized spacial score (nSPS) is 15.4. The highest BCUT2D eigenvalue weighted by Crippen LogP contribution is 2.43. The van der Waals surface area contributed by atoms with Crippen LogP contribution in [0.3, 0.4) is 0 Å². The van der Waals surface area contributed by atoms with Gasteiger partial charge in [0.1, 0.15) is 5.82 Å². The molecule has 0 saturated carbocycles. The molecule has 0 heterocycles. The third-order valence-corrected chi connectivity index (χ3v) is 5.55. The first kappa shape index (κ1) is 18.1. The van der Waals surface area contributed by atoms with E-state index in [-0.39, 0.29) is 17.1 Å². The van der Waals surface area contributed by atoms with Gasteiger partial charge in [0.15, 0.2) is 9.84 Å². The van der Waals surface area contributed by atoms with Crippen molar-refractivity contribution >= 4 is 33.0 Å². The van der Waals surface area contributed by atoms with Gasteiger partial charge in [-0.05, 0) is 70.7 Å². The smallest absolute Gasteiger partial charge is 0.221 e. The number of hydrogen-bond donors (Lipinski definition) is 1. The van der Waals surface area contributed by atoms with E-state index in [0.717, 1.165) is 28.5 Å². The van der Waals surface area contributed by atoms with Crippen LogP contribution in [0.5, 0.6) is 0 Å². The topological polar surface area (TPSA) is 77.2 Å². The van der Waals surface area contributed by atoms with Crippen LogP contribution >= 0.6 is 0 Å². The largest absolute Gasteiger partial charge is 0.369 e. The average molecular weight is 371 g/mol. The molecule has 0 aromatic heterocycles. The van der Waals surface area contributed by atoms with Gasteiger partial charge in [-0.2, -0.15) is 0 Å². The van der Waals surface area contributed by atoms with Gasteiger partial charge >= 0.3 is 0 Å². The van der Waals surface area contributed by atoms with E-state index in [1.807, 2.05) is 13.0 Å². The number of fused-ring (bicyclic) bond motifs is 1. The number of allylic oxidation sites excluding steroid dienone is 2. The van der Waals surface area contributed by atoms with Crippen molar-refractivity contribution in [3.63, 3.8) is 0 Å². The van der Waals surface area contributed by atoms with E-state index < -0.39 is 15.7 Å². The van der Waals surface area contributed by atoms with Gasteiger partial charge in [0.25, 0.3) is 0 Å². The van der Waals surface area contributed by atoms with Crippen LogP contribution in [0.15, 0.2) is 52.9 Å². The molecule has 2 aromatic carbocycles. The van der Waals surface area contributed by atoms with Gasteiger partial charge in [0.05, 0.1) is 11.3 Å². The zero-order valence-corrected chi connectivity index (χ0v) is 15.2. The third kappa shape index (κ3) is 3.46. The Balaban J connectivity index is 2.11. The van der Waals surface area contributed by atoms with Gasteiger partial charge in [0.2, 0.25) is 5.91 Å². The molecule has 0 atom stereocenters. The molecule has 134 valence electrons. The summed E-state index contributed by atoms with van der Waals surface area (Å²) in [6.07, 6.45) is 3.09. The Morgan fingerprint density at radius 1 is 1.12 bits per heavy atom. The Hall–Kier alpha value is -2.73. The molecule has 0 unspecified atom stereocenters. The van der Waals surface area contributed by atoms with Crippen LogP contribution in [0.2, 0.25) is 0 Å². The molecule has 0 spiro atoms. The Labute approximate surface area is 151 Å². The number of carbonyl (C=O) groups excluding carboxylic acids is 1. The predicted molar refractivity (Wildman–Crippen MR) is 100 cm³/mol. The second kappa shape index (κ2) is 6.53. The molecule has 1 aliphatic carbocycles. The SMILES string of the molecule is CC1=C(CC(N)=O)c2cc(F)ccc2/C1=C\c1ccc(S(C)(=O)=O)cc1. The minimum Gasteiger partial charge on any atom is -0.369 e. The fourth-order valence-electron chi connectivity index (χ4n) is 3.13. The van der Waals surface area contributed by atoms with Crippen LogP contribution < -0.4 is 5.73 Å². The number of rotatable bonds is 4. The van der Waals surface area contributed by atoms with Crippen LogP contribution in [-0.4, -0.2) is 20.6 Å². The van der Waals surface area contributed by atoms with Crippen LogP contribution in [0.25, 0.3) is 17.2 Å². The minimum absolute atomic E-state index is 0.0344. The van der Waals surface area contributed by atoms with Crippen molar-refractivity contribution in [3.05, 3.63) is 70.5 Å². The molecule has 1 amide bonds. The molecule has 0 aliphatic heterocycles. The number of hydrogen-bond acceptors (Lipinski definition) is 3. The molecular formula is C20H18FNO3S. The van der Waals surface area contributed by atoms with Crippen molar-refractivity contribution in [1.82, 2.24) is 0 Å². The lowest BCUT2D eigenvalue weighted by Crippen LogP contribution is -2.10. The summed E-state index contributed by atoms with van der Waals surface area (Å²) in [5.74, 6) is -0.856. The van der Waals surface area contributed by atoms with E-state index in [4.69, 9.17) is 5.73 Å². The minimum atomic E-state index is -3.26. The summed E-state index contributed by atoms with van der Waals surface area (Å²) >= 11 is 0. The Morgan fingerprint density at radius 2 is 1.77 bits per heavy atom. The highest BCUT2D eigenvalue weighted by molar-refractivity contribution is 7.90. The van der Waals surface area contributed by atoms with Crippen molar-refractivity contribution in [2.24, 2.45) is 5.73 Å². The van der Waals surface area contributed by atoms with Crippen molar-refractivity contribution in [1.29, 1.82) is 0 Å². The fourth-order valence-corrected chi connectivity index (χ4v) is 3.76. The standard InChI is InChI=1S/C20H18FNO3S/c1-12-17(9-13-3-6-15(7-4-13)26(2,24)25)16-8-5-14(21)10-19(16)18(12)11-20(22)23/h3-10H,11H2,1-2H3,(H2,22,23)/b17-9-. The second-order valence-corrected chi connectivity index (χ2v) is 8.35. The van der Waals surface area contributed by atoms with Crippen molar-refractivity contribution in [2.75, 3.05) is 6.26 Å². The van der Waals surface area contributed by atoms with Gasteiger partial charge < -0.3 is 5.73 Å². The number of benzene rings is 2. The van der Waals surface area contributed by atoms with E-state index in [1.54, 1.807) is 30.3 Å². The highest BCUT2D eigenvalue weighted by atomic mass is 32.2.